The quantitative estimate of drug-likeness (QED) is 0.371. The number of aryl methyl sites for hydroxylation is 1. The maximum atomic E-state index is 14.5. The van der Waals surface area contributed by atoms with E-state index in [1.165, 1.54) is 0 Å². The highest BCUT2D eigenvalue weighted by molar-refractivity contribution is 5.64. The van der Waals surface area contributed by atoms with Crippen LogP contribution in [0.5, 0.6) is 0 Å². The fourth-order valence-electron chi connectivity index (χ4n) is 3.76. The molecule has 4 aromatic rings. The van der Waals surface area contributed by atoms with Crippen molar-refractivity contribution in [3.8, 4) is 23.3 Å². The normalized spacial score (nSPS) is 11.6. The predicted molar refractivity (Wildman–Crippen MR) is 120 cm³/mol. The van der Waals surface area contributed by atoms with Crippen molar-refractivity contribution in [1.29, 1.82) is 5.26 Å². The summed E-state index contributed by atoms with van der Waals surface area (Å²) in [5.74, 6) is -2.56. The predicted octanol–water partition coefficient (Wildman–Crippen LogP) is 4.40. The second-order valence-corrected chi connectivity index (χ2v) is 8.03. The van der Waals surface area contributed by atoms with Crippen LogP contribution in [0.3, 0.4) is 0 Å². The van der Waals surface area contributed by atoms with Gasteiger partial charge in [0.1, 0.15) is 17.6 Å². The lowest BCUT2D eigenvalue weighted by atomic mass is 10.2. The summed E-state index contributed by atoms with van der Waals surface area (Å²) in [4.78, 5) is 4.20. The van der Waals surface area contributed by atoms with Gasteiger partial charge in [-0.25, -0.2) is 9.67 Å². The fraction of sp³-hybridized carbons (Fsp3) is 0.391. The summed E-state index contributed by atoms with van der Waals surface area (Å²) >= 11 is 0. The van der Waals surface area contributed by atoms with Gasteiger partial charge in [-0.1, -0.05) is 32.4 Å². The number of aromatic nitrogens is 8. The molecule has 0 saturated heterocycles. The molecule has 9 nitrogen and oxygen atoms in total. The first kappa shape index (κ1) is 23.2. The van der Waals surface area contributed by atoms with E-state index in [4.69, 9.17) is 0 Å². The third-order valence-electron chi connectivity index (χ3n) is 5.50. The zero-order valence-corrected chi connectivity index (χ0v) is 19.0. The van der Waals surface area contributed by atoms with E-state index in [0.29, 0.717) is 42.3 Å². The first-order chi connectivity index (χ1) is 16.5. The summed E-state index contributed by atoms with van der Waals surface area (Å²) in [6.07, 6.45) is 4.23. The third-order valence-corrected chi connectivity index (χ3v) is 5.50. The molecule has 0 radical (unpaired) electrons. The minimum Gasteiger partial charge on any atom is -0.313 e. The van der Waals surface area contributed by atoms with Crippen molar-refractivity contribution in [3.05, 3.63) is 59.3 Å². The second-order valence-electron chi connectivity index (χ2n) is 8.03. The largest absolute Gasteiger partial charge is 0.313 e. The first-order valence-electron chi connectivity index (χ1n) is 11.2. The molecule has 176 valence electrons. The van der Waals surface area contributed by atoms with Crippen LogP contribution in [0, 0.1) is 11.3 Å². The molecule has 3 aromatic heterocycles. The number of tetrazole rings is 1. The Bertz CT molecular complexity index is 1270. The zero-order chi connectivity index (χ0) is 24.1. The van der Waals surface area contributed by atoms with Crippen LogP contribution >= 0.6 is 0 Å². The van der Waals surface area contributed by atoms with Crippen LogP contribution in [0.25, 0.3) is 17.2 Å². The number of rotatable bonds is 10. The number of nitrogens with one attached hydrogen (secondary N) is 1. The molecule has 0 unspecified atom stereocenters. The van der Waals surface area contributed by atoms with E-state index in [2.05, 4.69) is 36.8 Å². The van der Waals surface area contributed by atoms with Gasteiger partial charge in [-0.3, -0.25) is 0 Å². The van der Waals surface area contributed by atoms with Crippen molar-refractivity contribution >= 4 is 0 Å². The molecule has 0 fully saturated rings. The minimum atomic E-state index is -3.04. The van der Waals surface area contributed by atoms with Gasteiger partial charge in [0.15, 0.2) is 0 Å². The monoisotopic (exact) mass is 465 g/mol. The Morgan fingerprint density at radius 1 is 1.12 bits per heavy atom. The molecule has 0 bridgehead atoms. The van der Waals surface area contributed by atoms with Crippen LogP contribution in [0.1, 0.15) is 62.3 Å². The number of unbranched alkanes of at least 4 members (excludes halogenated alkanes) is 1. The summed E-state index contributed by atoms with van der Waals surface area (Å²) in [5, 5.41) is 27.6. The van der Waals surface area contributed by atoms with E-state index in [1.807, 2.05) is 31.2 Å². The highest BCUT2D eigenvalue weighted by Crippen LogP contribution is 2.31. The van der Waals surface area contributed by atoms with Crippen molar-refractivity contribution in [2.45, 2.75) is 58.4 Å². The molecule has 0 aliphatic rings. The van der Waals surface area contributed by atoms with Gasteiger partial charge in [0, 0.05) is 24.7 Å². The molecule has 0 amide bonds. The molecule has 0 atom stereocenters. The Labute approximate surface area is 195 Å². The van der Waals surface area contributed by atoms with Crippen molar-refractivity contribution in [2.24, 2.45) is 0 Å². The number of benzene rings is 1. The van der Waals surface area contributed by atoms with Crippen molar-refractivity contribution in [3.63, 3.8) is 0 Å². The van der Waals surface area contributed by atoms with E-state index in [-0.39, 0.29) is 6.42 Å². The number of halogens is 2. The molecule has 0 spiro atoms. The van der Waals surface area contributed by atoms with Crippen LogP contribution in [-0.2, 0) is 18.9 Å². The summed E-state index contributed by atoms with van der Waals surface area (Å²) < 4.78 is 32.3. The summed E-state index contributed by atoms with van der Waals surface area (Å²) in [6, 6.07) is 11.4. The van der Waals surface area contributed by atoms with Gasteiger partial charge in [-0.05, 0) is 41.8 Å². The number of nitrogens with zero attached hydrogens (tertiary/aromatic N) is 8. The highest BCUT2D eigenvalue weighted by Gasteiger charge is 2.36. The Morgan fingerprint density at radius 2 is 1.91 bits per heavy atom. The second kappa shape index (κ2) is 9.91. The number of H-pyrrole nitrogens is 1. The standard InChI is InChI=1S/C23H25F2N9/c1-3-5-6-19-27-22(23(24,25)12-4-2)30-34(19)15-16-7-9-18(10-8-16)33-13-11-17(14-26)20(33)21-28-31-32-29-21/h7-11,13H,3-6,12,15H2,1-2H3,(H,28,29,31,32). The van der Waals surface area contributed by atoms with Crippen LogP contribution in [0.15, 0.2) is 36.5 Å². The lowest BCUT2D eigenvalue weighted by Crippen LogP contribution is -2.15. The van der Waals surface area contributed by atoms with Crippen LogP contribution in [0.4, 0.5) is 8.78 Å². The highest BCUT2D eigenvalue weighted by atomic mass is 19.3. The number of nitriles is 1. The maximum Gasteiger partial charge on any atom is 0.308 e. The molecule has 34 heavy (non-hydrogen) atoms. The van der Waals surface area contributed by atoms with E-state index < -0.39 is 11.7 Å². The minimum absolute atomic E-state index is 0.275. The van der Waals surface area contributed by atoms with Gasteiger partial charge in [0.05, 0.1) is 12.1 Å². The van der Waals surface area contributed by atoms with Gasteiger partial charge in [0.25, 0.3) is 0 Å². The topological polar surface area (TPSA) is 114 Å². The van der Waals surface area contributed by atoms with Gasteiger partial charge < -0.3 is 4.57 Å². The SMILES string of the molecule is CCCCc1nc(C(F)(F)CCC)nn1Cc1ccc(-n2ccc(C#N)c2-c2nn[nH]n2)cc1. The number of aromatic amines is 1. The third kappa shape index (κ3) is 4.71. The Morgan fingerprint density at radius 3 is 2.56 bits per heavy atom. The van der Waals surface area contributed by atoms with Crippen molar-refractivity contribution in [1.82, 2.24) is 40.0 Å². The molecule has 1 aromatic carbocycles. The number of alkyl halides is 2. The molecule has 3 heterocycles. The van der Waals surface area contributed by atoms with Gasteiger partial charge >= 0.3 is 5.92 Å². The summed E-state index contributed by atoms with van der Waals surface area (Å²) in [5.41, 5.74) is 2.65. The first-order valence-corrected chi connectivity index (χ1v) is 11.2. The van der Waals surface area contributed by atoms with Crippen LogP contribution in [-0.4, -0.2) is 40.0 Å². The van der Waals surface area contributed by atoms with Crippen LogP contribution < -0.4 is 0 Å². The summed E-state index contributed by atoms with van der Waals surface area (Å²) in [6.45, 7) is 4.11. The molecular weight excluding hydrogens is 440 g/mol. The van der Waals surface area contributed by atoms with Gasteiger partial charge in [0.2, 0.25) is 11.6 Å². The molecular formula is C23H25F2N9. The average Bonchev–Trinajstić information content (AvgIpc) is 3.57. The van der Waals surface area contributed by atoms with E-state index in [1.54, 1.807) is 28.4 Å². The molecule has 1 N–H and O–H groups in total. The lowest BCUT2D eigenvalue weighted by Gasteiger charge is -2.11. The molecule has 4 rings (SSSR count). The maximum absolute atomic E-state index is 14.5. The van der Waals surface area contributed by atoms with E-state index in [9.17, 15) is 14.0 Å². The van der Waals surface area contributed by atoms with E-state index >= 15 is 0 Å². The Hall–Kier alpha value is -3.94. The average molecular weight is 466 g/mol. The smallest absolute Gasteiger partial charge is 0.308 e. The van der Waals surface area contributed by atoms with Gasteiger partial charge in [-0.15, -0.1) is 15.3 Å². The number of hydrogen-bond donors (Lipinski definition) is 1. The molecule has 0 aliphatic heterocycles. The van der Waals surface area contributed by atoms with E-state index in [0.717, 1.165) is 24.1 Å². The molecule has 0 aliphatic carbocycles. The number of hydrogen-bond acceptors (Lipinski definition) is 6. The Kier molecular flexibility index (Phi) is 6.77. The van der Waals surface area contributed by atoms with Crippen molar-refractivity contribution in [2.75, 3.05) is 0 Å². The van der Waals surface area contributed by atoms with Crippen LogP contribution in [0.2, 0.25) is 0 Å². The summed E-state index contributed by atoms with van der Waals surface area (Å²) in [7, 11) is 0. The molecule has 11 heteroatoms. The lowest BCUT2D eigenvalue weighted by molar-refractivity contribution is -0.0232. The zero-order valence-electron chi connectivity index (χ0n) is 19.0. The Balaban J connectivity index is 1.61. The van der Waals surface area contributed by atoms with Crippen molar-refractivity contribution < 1.29 is 8.78 Å². The molecule has 0 saturated carbocycles. The van der Waals surface area contributed by atoms with Gasteiger partial charge in [-0.2, -0.15) is 19.3 Å². The fourth-order valence-corrected chi connectivity index (χ4v) is 3.76.